The van der Waals surface area contributed by atoms with Crippen LogP contribution in [0.2, 0.25) is 0 Å². The summed E-state index contributed by atoms with van der Waals surface area (Å²) in [4.78, 5) is 7.07. The Morgan fingerprint density at radius 1 is 1.32 bits per heavy atom. The van der Waals surface area contributed by atoms with E-state index >= 15 is 0 Å². The summed E-state index contributed by atoms with van der Waals surface area (Å²) >= 11 is 0. The Balaban J connectivity index is 1.70. The van der Waals surface area contributed by atoms with Crippen molar-refractivity contribution in [2.75, 3.05) is 13.1 Å². The van der Waals surface area contributed by atoms with E-state index in [0.717, 1.165) is 29.4 Å². The SMILES string of the molecule is Cc1cc(-c2cc(C[C@H]3CCCN(C(C)C)C3)ccn2)n[nH]1. The van der Waals surface area contributed by atoms with Crippen molar-refractivity contribution >= 4 is 0 Å². The number of aromatic amines is 1. The maximum Gasteiger partial charge on any atom is 0.111 e. The van der Waals surface area contributed by atoms with Gasteiger partial charge < -0.3 is 4.90 Å². The zero-order chi connectivity index (χ0) is 15.5. The molecule has 1 saturated heterocycles. The van der Waals surface area contributed by atoms with E-state index in [2.05, 4.69) is 46.1 Å². The number of nitrogens with zero attached hydrogens (tertiary/aromatic N) is 3. The first kappa shape index (κ1) is 15.2. The highest BCUT2D eigenvalue weighted by Crippen LogP contribution is 2.24. The van der Waals surface area contributed by atoms with Crippen LogP contribution in [0, 0.1) is 12.8 Å². The van der Waals surface area contributed by atoms with Crippen LogP contribution >= 0.6 is 0 Å². The average Bonchev–Trinajstić information content (AvgIpc) is 2.94. The summed E-state index contributed by atoms with van der Waals surface area (Å²) < 4.78 is 0. The number of aryl methyl sites for hydroxylation is 1. The highest BCUT2D eigenvalue weighted by Gasteiger charge is 2.22. The van der Waals surface area contributed by atoms with Gasteiger partial charge in [-0.2, -0.15) is 5.10 Å². The summed E-state index contributed by atoms with van der Waals surface area (Å²) in [5, 5.41) is 7.30. The van der Waals surface area contributed by atoms with Crippen molar-refractivity contribution < 1.29 is 0 Å². The molecule has 0 aliphatic carbocycles. The summed E-state index contributed by atoms with van der Waals surface area (Å²) in [5.74, 6) is 0.757. The van der Waals surface area contributed by atoms with E-state index in [1.165, 1.54) is 31.5 Å². The maximum atomic E-state index is 4.47. The van der Waals surface area contributed by atoms with Crippen LogP contribution in [0.4, 0.5) is 0 Å². The van der Waals surface area contributed by atoms with Gasteiger partial charge in [-0.1, -0.05) is 0 Å². The van der Waals surface area contributed by atoms with Gasteiger partial charge in [0.2, 0.25) is 0 Å². The van der Waals surface area contributed by atoms with Gasteiger partial charge in [-0.25, -0.2) is 0 Å². The second-order valence-electron chi connectivity index (χ2n) is 6.79. The van der Waals surface area contributed by atoms with E-state index in [9.17, 15) is 0 Å². The van der Waals surface area contributed by atoms with Gasteiger partial charge in [0.05, 0.1) is 5.69 Å². The van der Waals surface area contributed by atoms with Crippen molar-refractivity contribution in [3.05, 3.63) is 35.7 Å². The fourth-order valence-corrected chi connectivity index (χ4v) is 3.36. The van der Waals surface area contributed by atoms with Crippen LogP contribution in [0.3, 0.4) is 0 Å². The second-order valence-corrected chi connectivity index (χ2v) is 6.79. The Bertz CT molecular complexity index is 617. The lowest BCUT2D eigenvalue weighted by atomic mass is 9.90. The number of hydrogen-bond acceptors (Lipinski definition) is 3. The van der Waals surface area contributed by atoms with Crippen LogP contribution in [0.15, 0.2) is 24.4 Å². The molecular formula is C18H26N4. The maximum absolute atomic E-state index is 4.47. The molecule has 2 aromatic rings. The molecule has 4 heteroatoms. The molecule has 1 aliphatic rings. The van der Waals surface area contributed by atoms with Crippen molar-refractivity contribution in [1.29, 1.82) is 0 Å². The Morgan fingerprint density at radius 2 is 2.18 bits per heavy atom. The lowest BCUT2D eigenvalue weighted by Crippen LogP contribution is -2.40. The lowest BCUT2D eigenvalue weighted by molar-refractivity contribution is 0.139. The van der Waals surface area contributed by atoms with Gasteiger partial charge >= 0.3 is 0 Å². The molecule has 1 aliphatic heterocycles. The fourth-order valence-electron chi connectivity index (χ4n) is 3.36. The third-order valence-corrected chi connectivity index (χ3v) is 4.60. The number of H-pyrrole nitrogens is 1. The van der Waals surface area contributed by atoms with E-state index in [4.69, 9.17) is 0 Å². The molecule has 4 nitrogen and oxygen atoms in total. The summed E-state index contributed by atoms with van der Waals surface area (Å²) in [6.45, 7) is 9.09. The molecule has 22 heavy (non-hydrogen) atoms. The van der Waals surface area contributed by atoms with Gasteiger partial charge in [-0.3, -0.25) is 10.1 Å². The highest BCUT2D eigenvalue weighted by atomic mass is 15.2. The zero-order valence-electron chi connectivity index (χ0n) is 13.8. The molecule has 0 saturated carbocycles. The molecule has 0 radical (unpaired) electrons. The number of aromatic nitrogens is 3. The van der Waals surface area contributed by atoms with Crippen LogP contribution in [-0.4, -0.2) is 39.2 Å². The number of pyridine rings is 1. The minimum atomic E-state index is 0.655. The van der Waals surface area contributed by atoms with Gasteiger partial charge in [0.15, 0.2) is 0 Å². The second kappa shape index (κ2) is 6.61. The minimum Gasteiger partial charge on any atom is -0.301 e. The van der Waals surface area contributed by atoms with Gasteiger partial charge in [-0.05, 0) is 76.3 Å². The van der Waals surface area contributed by atoms with E-state index in [1.807, 2.05) is 19.2 Å². The summed E-state index contributed by atoms with van der Waals surface area (Å²) in [7, 11) is 0. The third-order valence-electron chi connectivity index (χ3n) is 4.60. The standard InChI is InChI=1S/C18H26N4/c1-13(2)22-8-4-5-16(12-22)10-15-6-7-19-17(11-15)18-9-14(3)20-21-18/h6-7,9,11,13,16H,4-5,8,10,12H2,1-3H3,(H,20,21)/t16-/m1/s1. The molecule has 1 atom stereocenters. The molecule has 0 amide bonds. The first-order valence-electron chi connectivity index (χ1n) is 8.33. The number of likely N-dealkylation sites (tertiary alicyclic amines) is 1. The topological polar surface area (TPSA) is 44.8 Å². The molecule has 0 spiro atoms. The first-order chi connectivity index (χ1) is 10.6. The monoisotopic (exact) mass is 298 g/mol. The van der Waals surface area contributed by atoms with Crippen LogP contribution in [0.1, 0.15) is 37.9 Å². The molecule has 0 aromatic carbocycles. The molecule has 1 fully saturated rings. The van der Waals surface area contributed by atoms with E-state index in [-0.39, 0.29) is 0 Å². The molecule has 118 valence electrons. The quantitative estimate of drug-likeness (QED) is 0.940. The molecule has 0 bridgehead atoms. The normalized spacial score (nSPS) is 19.7. The van der Waals surface area contributed by atoms with Gasteiger partial charge in [0.25, 0.3) is 0 Å². The smallest absolute Gasteiger partial charge is 0.111 e. The fraction of sp³-hybridized carbons (Fsp3) is 0.556. The van der Waals surface area contributed by atoms with E-state index in [1.54, 1.807) is 0 Å². The number of rotatable bonds is 4. The Hall–Kier alpha value is -1.68. The van der Waals surface area contributed by atoms with Crippen LogP contribution in [0.5, 0.6) is 0 Å². The lowest BCUT2D eigenvalue weighted by Gasteiger charge is -2.35. The van der Waals surface area contributed by atoms with Crippen molar-refractivity contribution in [3.63, 3.8) is 0 Å². The molecular weight excluding hydrogens is 272 g/mol. The minimum absolute atomic E-state index is 0.655. The van der Waals surface area contributed by atoms with Crippen molar-refractivity contribution in [3.8, 4) is 11.4 Å². The molecule has 3 rings (SSSR count). The van der Waals surface area contributed by atoms with Crippen molar-refractivity contribution in [2.45, 2.75) is 46.1 Å². The summed E-state index contributed by atoms with van der Waals surface area (Å²) in [6.07, 6.45) is 5.71. The Morgan fingerprint density at radius 3 is 2.91 bits per heavy atom. The Labute approximate surface area is 133 Å². The van der Waals surface area contributed by atoms with E-state index in [0.29, 0.717) is 6.04 Å². The van der Waals surface area contributed by atoms with Crippen molar-refractivity contribution in [1.82, 2.24) is 20.1 Å². The van der Waals surface area contributed by atoms with Gasteiger partial charge in [0.1, 0.15) is 5.69 Å². The number of hydrogen-bond donors (Lipinski definition) is 1. The van der Waals surface area contributed by atoms with Gasteiger partial charge in [-0.15, -0.1) is 0 Å². The number of nitrogens with one attached hydrogen (secondary N) is 1. The predicted octanol–water partition coefficient (Wildman–Crippen LogP) is 3.44. The molecule has 1 N–H and O–H groups in total. The molecule has 2 aromatic heterocycles. The average molecular weight is 298 g/mol. The molecule has 3 heterocycles. The highest BCUT2D eigenvalue weighted by molar-refractivity contribution is 5.54. The third kappa shape index (κ3) is 3.55. The largest absolute Gasteiger partial charge is 0.301 e. The van der Waals surface area contributed by atoms with Crippen LogP contribution in [0.25, 0.3) is 11.4 Å². The zero-order valence-corrected chi connectivity index (χ0v) is 13.8. The Kier molecular flexibility index (Phi) is 4.57. The molecule has 0 unspecified atom stereocenters. The number of piperidine rings is 1. The predicted molar refractivity (Wildman–Crippen MR) is 89.7 cm³/mol. The van der Waals surface area contributed by atoms with Crippen LogP contribution < -0.4 is 0 Å². The van der Waals surface area contributed by atoms with E-state index < -0.39 is 0 Å². The van der Waals surface area contributed by atoms with Crippen molar-refractivity contribution in [2.24, 2.45) is 5.92 Å². The van der Waals surface area contributed by atoms with Gasteiger partial charge in [0, 0.05) is 24.5 Å². The summed E-state index contributed by atoms with van der Waals surface area (Å²) in [6, 6.07) is 7.05. The first-order valence-corrected chi connectivity index (χ1v) is 8.33. The summed E-state index contributed by atoms with van der Waals surface area (Å²) in [5.41, 5.74) is 4.36. The van der Waals surface area contributed by atoms with Crippen LogP contribution in [-0.2, 0) is 6.42 Å².